The lowest BCUT2D eigenvalue weighted by atomic mass is 9.70. The molecule has 2 aliphatic carbocycles. The van der Waals surface area contributed by atoms with Gasteiger partial charge in [0, 0.05) is 5.56 Å². The molecule has 2 nitrogen and oxygen atoms in total. The molecule has 132 valence electrons. The molecule has 0 aromatic heterocycles. The highest BCUT2D eigenvalue weighted by molar-refractivity contribution is 6.17. The maximum atomic E-state index is 9.45. The summed E-state index contributed by atoms with van der Waals surface area (Å²) in [6.45, 7) is 0. The molecule has 2 aliphatic rings. The van der Waals surface area contributed by atoms with Crippen LogP contribution in [0.15, 0.2) is 91.0 Å². The smallest absolute Gasteiger partial charge is 0.504 e. The summed E-state index contributed by atoms with van der Waals surface area (Å²) in [4.78, 5) is 0. The SMILES string of the molecule is OBOc1cccc2c1-c1ccccc1C21c2ccccc2-c2ccccc21. The van der Waals surface area contributed by atoms with Gasteiger partial charge in [-0.1, -0.05) is 84.9 Å². The Morgan fingerprint density at radius 1 is 0.571 bits per heavy atom. The van der Waals surface area contributed by atoms with Crippen molar-refractivity contribution >= 4 is 7.69 Å². The van der Waals surface area contributed by atoms with Gasteiger partial charge in [0.05, 0.1) is 5.41 Å². The zero-order valence-electron chi connectivity index (χ0n) is 15.2. The zero-order chi connectivity index (χ0) is 18.7. The van der Waals surface area contributed by atoms with Gasteiger partial charge in [0.15, 0.2) is 0 Å². The van der Waals surface area contributed by atoms with Gasteiger partial charge in [0.1, 0.15) is 5.75 Å². The molecule has 0 bridgehead atoms. The van der Waals surface area contributed by atoms with E-state index in [0.717, 1.165) is 11.3 Å². The fourth-order valence-corrected chi connectivity index (χ4v) is 5.30. The lowest BCUT2D eigenvalue weighted by molar-refractivity contribution is 0.454. The molecule has 6 rings (SSSR count). The molecule has 0 fully saturated rings. The molecular formula is C25H17BO2. The Morgan fingerprint density at radius 2 is 1.07 bits per heavy atom. The molecule has 1 spiro atoms. The summed E-state index contributed by atoms with van der Waals surface area (Å²) < 4.78 is 5.64. The monoisotopic (exact) mass is 360 g/mol. The minimum atomic E-state index is -0.353. The molecule has 0 amide bonds. The Balaban J connectivity index is 1.83. The van der Waals surface area contributed by atoms with Gasteiger partial charge in [0.2, 0.25) is 0 Å². The normalized spacial score (nSPS) is 14.2. The van der Waals surface area contributed by atoms with Crippen LogP contribution in [0.5, 0.6) is 5.75 Å². The number of hydrogen-bond donors (Lipinski definition) is 1. The molecule has 0 saturated heterocycles. The van der Waals surface area contributed by atoms with Crippen molar-refractivity contribution in [3.63, 3.8) is 0 Å². The maximum Gasteiger partial charge on any atom is 0.504 e. The lowest BCUT2D eigenvalue weighted by Crippen LogP contribution is -2.25. The summed E-state index contributed by atoms with van der Waals surface area (Å²) in [5.41, 5.74) is 9.59. The molecule has 0 atom stereocenters. The van der Waals surface area contributed by atoms with Crippen molar-refractivity contribution in [3.8, 4) is 28.0 Å². The van der Waals surface area contributed by atoms with Gasteiger partial charge in [-0.25, -0.2) is 0 Å². The van der Waals surface area contributed by atoms with E-state index >= 15 is 0 Å². The van der Waals surface area contributed by atoms with Crippen LogP contribution in [0.1, 0.15) is 22.3 Å². The zero-order valence-corrected chi connectivity index (χ0v) is 15.2. The summed E-state index contributed by atoms with van der Waals surface area (Å²) in [5.74, 6) is 0.728. The van der Waals surface area contributed by atoms with Crippen molar-refractivity contribution in [2.75, 3.05) is 0 Å². The van der Waals surface area contributed by atoms with E-state index in [1.165, 1.54) is 38.9 Å². The van der Waals surface area contributed by atoms with Gasteiger partial charge in [-0.3, -0.25) is 0 Å². The predicted molar refractivity (Wildman–Crippen MR) is 113 cm³/mol. The first-order chi connectivity index (χ1) is 13.9. The Morgan fingerprint density at radius 3 is 1.68 bits per heavy atom. The number of rotatable bonds is 2. The van der Waals surface area contributed by atoms with E-state index in [9.17, 15) is 5.02 Å². The fourth-order valence-electron chi connectivity index (χ4n) is 5.30. The second kappa shape index (κ2) is 5.60. The van der Waals surface area contributed by atoms with Gasteiger partial charge < -0.3 is 9.68 Å². The molecule has 3 heteroatoms. The first kappa shape index (κ1) is 15.7. The first-order valence-electron chi connectivity index (χ1n) is 9.54. The highest BCUT2D eigenvalue weighted by Crippen LogP contribution is 2.63. The third kappa shape index (κ3) is 1.73. The van der Waals surface area contributed by atoms with E-state index in [4.69, 9.17) is 4.65 Å². The summed E-state index contributed by atoms with van der Waals surface area (Å²) in [6.07, 6.45) is 0. The summed E-state index contributed by atoms with van der Waals surface area (Å²) in [6, 6.07) is 32.2. The van der Waals surface area contributed by atoms with Crippen molar-refractivity contribution in [3.05, 3.63) is 113 Å². The van der Waals surface area contributed by atoms with Crippen molar-refractivity contribution in [2.24, 2.45) is 0 Å². The molecule has 0 radical (unpaired) electrons. The summed E-state index contributed by atoms with van der Waals surface area (Å²) in [7, 11) is -0.335. The van der Waals surface area contributed by atoms with E-state index in [0.29, 0.717) is 0 Å². The van der Waals surface area contributed by atoms with Gasteiger partial charge >= 0.3 is 7.69 Å². The van der Waals surface area contributed by atoms with Crippen molar-refractivity contribution in [2.45, 2.75) is 5.41 Å². The Hall–Kier alpha value is -3.30. The van der Waals surface area contributed by atoms with Crippen LogP contribution < -0.4 is 4.65 Å². The Labute approximate surface area is 164 Å². The highest BCUT2D eigenvalue weighted by Gasteiger charge is 2.52. The maximum absolute atomic E-state index is 9.45. The molecule has 0 unspecified atom stereocenters. The van der Waals surface area contributed by atoms with Crippen LogP contribution in [0, 0.1) is 0 Å². The molecule has 0 saturated carbocycles. The molecule has 4 aromatic rings. The molecule has 0 heterocycles. The van der Waals surface area contributed by atoms with Crippen molar-refractivity contribution in [1.82, 2.24) is 0 Å². The number of fused-ring (bicyclic) bond motifs is 10. The molecule has 1 N–H and O–H groups in total. The molecular weight excluding hydrogens is 343 g/mol. The fraction of sp³-hybridized carbons (Fsp3) is 0.0400. The largest absolute Gasteiger partial charge is 0.538 e. The Kier molecular flexibility index (Phi) is 3.15. The average molecular weight is 360 g/mol. The minimum absolute atomic E-state index is 0.335. The summed E-state index contributed by atoms with van der Waals surface area (Å²) >= 11 is 0. The van der Waals surface area contributed by atoms with Crippen LogP contribution in [-0.2, 0) is 5.41 Å². The Bertz CT molecular complexity index is 1200. The van der Waals surface area contributed by atoms with Crippen LogP contribution >= 0.6 is 0 Å². The van der Waals surface area contributed by atoms with Crippen LogP contribution in [-0.4, -0.2) is 12.7 Å². The van der Waals surface area contributed by atoms with Crippen molar-refractivity contribution < 1.29 is 9.68 Å². The molecule has 28 heavy (non-hydrogen) atoms. The van der Waals surface area contributed by atoms with E-state index in [1.54, 1.807) is 0 Å². The van der Waals surface area contributed by atoms with Crippen LogP contribution in [0.4, 0.5) is 0 Å². The second-order valence-corrected chi connectivity index (χ2v) is 7.34. The van der Waals surface area contributed by atoms with E-state index in [2.05, 4.69) is 78.9 Å². The average Bonchev–Trinajstić information content (AvgIpc) is 3.22. The van der Waals surface area contributed by atoms with Gasteiger partial charge in [-0.2, -0.15) is 0 Å². The van der Waals surface area contributed by atoms with Gasteiger partial charge in [-0.05, 0) is 45.0 Å². The number of hydrogen-bond acceptors (Lipinski definition) is 2. The standard InChI is InChI=1S/C25H17BO2/c27-26-28-23-15-7-14-22-24(23)18-10-3-6-13-21(18)25(22)19-11-4-1-8-16(19)17-9-2-5-12-20(17)25/h1-15,26-27H. The minimum Gasteiger partial charge on any atom is -0.538 e. The van der Waals surface area contributed by atoms with Crippen LogP contribution in [0.2, 0.25) is 0 Å². The quantitative estimate of drug-likeness (QED) is 0.455. The first-order valence-corrected chi connectivity index (χ1v) is 9.54. The predicted octanol–water partition coefficient (Wildman–Crippen LogP) is 4.67. The second-order valence-electron chi connectivity index (χ2n) is 7.34. The van der Waals surface area contributed by atoms with Crippen molar-refractivity contribution in [1.29, 1.82) is 0 Å². The molecule has 0 aliphatic heterocycles. The summed E-state index contributed by atoms with van der Waals surface area (Å²) in [5, 5.41) is 9.45. The third-order valence-corrected chi connectivity index (χ3v) is 6.20. The lowest BCUT2D eigenvalue weighted by Gasteiger charge is -2.30. The topological polar surface area (TPSA) is 29.5 Å². The van der Waals surface area contributed by atoms with E-state index in [-0.39, 0.29) is 13.1 Å². The third-order valence-electron chi connectivity index (χ3n) is 6.20. The van der Waals surface area contributed by atoms with Gasteiger partial charge in [-0.15, -0.1) is 0 Å². The van der Waals surface area contributed by atoms with Crippen LogP contribution in [0.25, 0.3) is 22.3 Å². The highest BCUT2D eigenvalue weighted by atomic mass is 16.5. The van der Waals surface area contributed by atoms with Crippen LogP contribution in [0.3, 0.4) is 0 Å². The van der Waals surface area contributed by atoms with E-state index in [1.807, 2.05) is 12.1 Å². The van der Waals surface area contributed by atoms with Gasteiger partial charge in [0.25, 0.3) is 0 Å². The molecule has 4 aromatic carbocycles. The number of benzene rings is 4. The van der Waals surface area contributed by atoms with E-state index < -0.39 is 0 Å².